The molecule has 0 aliphatic rings. The van der Waals surface area contributed by atoms with Gasteiger partial charge in [0.15, 0.2) is 11.0 Å². The number of rotatable bonds is 8. The Morgan fingerprint density at radius 2 is 1.89 bits per heavy atom. The van der Waals surface area contributed by atoms with Crippen molar-refractivity contribution in [3.63, 3.8) is 0 Å². The maximum atomic E-state index is 13.5. The Balaban J connectivity index is 1.58. The molecule has 1 N–H and O–H groups in total. The average Bonchev–Trinajstić information content (AvgIpc) is 3.37. The van der Waals surface area contributed by atoms with Crippen molar-refractivity contribution in [1.29, 1.82) is 5.26 Å². The molecule has 9 heteroatoms. The van der Waals surface area contributed by atoms with Gasteiger partial charge in [-0.1, -0.05) is 48.2 Å². The quantitative estimate of drug-likeness (QED) is 0.270. The van der Waals surface area contributed by atoms with E-state index in [4.69, 9.17) is 0 Å². The van der Waals surface area contributed by atoms with Gasteiger partial charge >= 0.3 is 0 Å². The summed E-state index contributed by atoms with van der Waals surface area (Å²) >= 11 is 1.25. The molecule has 0 saturated heterocycles. The van der Waals surface area contributed by atoms with Crippen LogP contribution in [0, 0.1) is 31.0 Å². The summed E-state index contributed by atoms with van der Waals surface area (Å²) in [7, 11) is 0. The van der Waals surface area contributed by atoms with Crippen molar-refractivity contribution >= 4 is 23.5 Å². The first-order valence-electron chi connectivity index (χ1n) is 10.8. The van der Waals surface area contributed by atoms with E-state index in [0.29, 0.717) is 34.6 Å². The Hall–Kier alpha value is -4.16. The van der Waals surface area contributed by atoms with Crippen LogP contribution in [-0.4, -0.2) is 31.0 Å². The predicted octanol–water partition coefficient (Wildman–Crippen LogP) is 5.28. The molecule has 0 aliphatic heterocycles. The van der Waals surface area contributed by atoms with Crippen molar-refractivity contribution in [2.45, 2.75) is 25.5 Å². The third-order valence-corrected chi connectivity index (χ3v) is 6.53. The van der Waals surface area contributed by atoms with Gasteiger partial charge < -0.3 is 5.32 Å². The lowest BCUT2D eigenvalue weighted by atomic mass is 10.2. The van der Waals surface area contributed by atoms with Crippen LogP contribution in [0.2, 0.25) is 0 Å². The molecule has 0 bridgehead atoms. The first-order valence-corrected chi connectivity index (χ1v) is 11.8. The van der Waals surface area contributed by atoms with Crippen molar-refractivity contribution in [1.82, 2.24) is 19.3 Å². The summed E-state index contributed by atoms with van der Waals surface area (Å²) in [5, 5.41) is 21.8. The first-order chi connectivity index (χ1) is 16.9. The number of carbonyl (C=O) groups is 1. The summed E-state index contributed by atoms with van der Waals surface area (Å²) in [5.74, 6) is 0.439. The van der Waals surface area contributed by atoms with Gasteiger partial charge in [0.25, 0.3) is 0 Å². The molecular formula is C26H23FN6OS. The minimum atomic E-state index is -0.365. The van der Waals surface area contributed by atoms with Crippen molar-refractivity contribution < 1.29 is 9.18 Å². The van der Waals surface area contributed by atoms with Crippen LogP contribution in [0.25, 0.3) is 17.1 Å². The Morgan fingerprint density at radius 1 is 1.17 bits per heavy atom. The van der Waals surface area contributed by atoms with Crippen LogP contribution >= 0.6 is 11.8 Å². The number of thioether (sulfide) groups is 1. The lowest BCUT2D eigenvalue weighted by Gasteiger charge is -2.13. The van der Waals surface area contributed by atoms with E-state index in [1.807, 2.05) is 48.7 Å². The van der Waals surface area contributed by atoms with Gasteiger partial charge in [0.05, 0.1) is 11.3 Å². The van der Waals surface area contributed by atoms with Gasteiger partial charge in [-0.15, -0.1) is 16.8 Å². The number of nitrogens with one attached hydrogen (secondary N) is 1. The molecule has 0 unspecified atom stereocenters. The fraction of sp³-hybridized carbons (Fsp3) is 0.154. The Kier molecular flexibility index (Phi) is 7.13. The molecular weight excluding hydrogens is 463 g/mol. The fourth-order valence-electron chi connectivity index (χ4n) is 3.76. The van der Waals surface area contributed by atoms with Gasteiger partial charge in [-0.05, 0) is 43.7 Å². The number of hydrogen-bond donors (Lipinski definition) is 1. The molecule has 0 radical (unpaired) electrons. The van der Waals surface area contributed by atoms with E-state index in [0.717, 1.165) is 16.8 Å². The molecule has 0 spiro atoms. The SMILES string of the molecule is C=CCn1c(SCC(=O)Nc2c(C#N)c(C)c(C)n2-c2ccc(F)cc2)nnc1-c1ccccc1. The van der Waals surface area contributed by atoms with Crippen molar-refractivity contribution in [2.24, 2.45) is 0 Å². The lowest BCUT2D eigenvalue weighted by molar-refractivity contribution is -0.113. The van der Waals surface area contributed by atoms with E-state index in [1.165, 1.54) is 23.9 Å². The number of amides is 1. The van der Waals surface area contributed by atoms with Crippen LogP contribution < -0.4 is 5.32 Å². The minimum absolute atomic E-state index is 0.0572. The molecule has 4 aromatic rings. The Bertz CT molecular complexity index is 1420. The number of allylic oxidation sites excluding steroid dienone is 1. The van der Waals surface area contributed by atoms with Crippen LogP contribution in [0.1, 0.15) is 16.8 Å². The second kappa shape index (κ2) is 10.4. The van der Waals surface area contributed by atoms with Gasteiger partial charge in [0.2, 0.25) is 5.91 Å². The van der Waals surface area contributed by atoms with Gasteiger partial charge in [0, 0.05) is 23.5 Å². The van der Waals surface area contributed by atoms with Crippen LogP contribution in [-0.2, 0) is 11.3 Å². The highest BCUT2D eigenvalue weighted by molar-refractivity contribution is 7.99. The zero-order chi connectivity index (χ0) is 24.9. The highest BCUT2D eigenvalue weighted by Gasteiger charge is 2.21. The molecule has 1 amide bonds. The van der Waals surface area contributed by atoms with Crippen molar-refractivity contribution in [3.8, 4) is 23.1 Å². The van der Waals surface area contributed by atoms with Gasteiger partial charge in [-0.2, -0.15) is 5.26 Å². The molecule has 7 nitrogen and oxygen atoms in total. The second-order valence-electron chi connectivity index (χ2n) is 7.77. The standard InChI is InChI=1S/C26H23FN6OS/c1-4-14-32-24(19-8-6-5-7-9-19)30-31-26(32)35-16-23(34)29-25-22(15-28)17(2)18(3)33(25)21-12-10-20(27)11-13-21/h4-13H,1,14,16H2,2-3H3,(H,29,34). The number of nitriles is 1. The monoisotopic (exact) mass is 486 g/mol. The minimum Gasteiger partial charge on any atom is -0.310 e. The molecule has 2 heterocycles. The fourth-order valence-corrected chi connectivity index (χ4v) is 4.51. The van der Waals surface area contributed by atoms with Crippen LogP contribution in [0.5, 0.6) is 0 Å². The smallest absolute Gasteiger partial charge is 0.236 e. The molecule has 4 rings (SSSR count). The van der Waals surface area contributed by atoms with Crippen LogP contribution in [0.4, 0.5) is 10.2 Å². The summed E-state index contributed by atoms with van der Waals surface area (Å²) in [4.78, 5) is 13.0. The summed E-state index contributed by atoms with van der Waals surface area (Å²) in [6.45, 7) is 7.98. The lowest BCUT2D eigenvalue weighted by Crippen LogP contribution is -2.18. The number of nitrogens with zero attached hydrogens (tertiary/aromatic N) is 5. The summed E-state index contributed by atoms with van der Waals surface area (Å²) in [6, 6.07) is 17.8. The number of halogens is 1. The van der Waals surface area contributed by atoms with Gasteiger partial charge in [0.1, 0.15) is 17.7 Å². The highest BCUT2D eigenvalue weighted by Crippen LogP contribution is 2.31. The van der Waals surface area contributed by atoms with Gasteiger partial charge in [-0.3, -0.25) is 13.9 Å². The van der Waals surface area contributed by atoms with Crippen molar-refractivity contribution in [2.75, 3.05) is 11.1 Å². The summed E-state index contributed by atoms with van der Waals surface area (Å²) < 4.78 is 17.1. The van der Waals surface area contributed by atoms with E-state index in [1.54, 1.807) is 22.8 Å². The number of hydrogen-bond acceptors (Lipinski definition) is 5. The van der Waals surface area contributed by atoms with Gasteiger partial charge in [-0.25, -0.2) is 4.39 Å². The zero-order valence-corrected chi connectivity index (χ0v) is 20.1. The molecule has 2 aromatic carbocycles. The molecule has 35 heavy (non-hydrogen) atoms. The molecule has 2 aromatic heterocycles. The Morgan fingerprint density at radius 3 is 2.54 bits per heavy atom. The van der Waals surface area contributed by atoms with E-state index >= 15 is 0 Å². The molecule has 0 fully saturated rings. The Labute approximate surface area is 206 Å². The highest BCUT2D eigenvalue weighted by atomic mass is 32.2. The largest absolute Gasteiger partial charge is 0.310 e. The molecule has 0 aliphatic carbocycles. The zero-order valence-electron chi connectivity index (χ0n) is 19.3. The average molecular weight is 487 g/mol. The van der Waals surface area contributed by atoms with E-state index in [9.17, 15) is 14.4 Å². The van der Waals surface area contributed by atoms with Crippen LogP contribution in [0.3, 0.4) is 0 Å². The number of anilines is 1. The summed E-state index contributed by atoms with van der Waals surface area (Å²) in [6.07, 6.45) is 1.75. The maximum Gasteiger partial charge on any atom is 0.236 e. The summed E-state index contributed by atoms with van der Waals surface area (Å²) in [5.41, 5.74) is 3.47. The third-order valence-electron chi connectivity index (χ3n) is 5.56. The third kappa shape index (κ3) is 4.88. The van der Waals surface area contributed by atoms with E-state index < -0.39 is 0 Å². The second-order valence-corrected chi connectivity index (χ2v) is 8.71. The number of benzene rings is 2. The van der Waals surface area contributed by atoms with E-state index in [2.05, 4.69) is 28.2 Å². The topological polar surface area (TPSA) is 88.5 Å². The number of aromatic nitrogens is 4. The predicted molar refractivity (Wildman–Crippen MR) is 135 cm³/mol. The number of carbonyl (C=O) groups excluding carboxylic acids is 1. The first kappa shape index (κ1) is 24.0. The normalized spacial score (nSPS) is 10.7. The molecule has 176 valence electrons. The van der Waals surface area contributed by atoms with Crippen LogP contribution in [0.15, 0.2) is 72.4 Å². The maximum absolute atomic E-state index is 13.5. The van der Waals surface area contributed by atoms with E-state index in [-0.39, 0.29) is 17.5 Å². The van der Waals surface area contributed by atoms with Crippen molar-refractivity contribution in [3.05, 3.63) is 89.9 Å². The molecule has 0 saturated carbocycles. The molecule has 0 atom stereocenters.